The second-order valence-corrected chi connectivity index (χ2v) is 2.60. The van der Waals surface area contributed by atoms with Crippen LogP contribution in [-0.2, 0) is 0 Å². The Balaban J connectivity index is 2.89. The summed E-state index contributed by atoms with van der Waals surface area (Å²) in [7, 11) is 0. The van der Waals surface area contributed by atoms with Crippen LogP contribution in [0.15, 0.2) is 30.3 Å². The third-order valence-corrected chi connectivity index (χ3v) is 1.74. The Morgan fingerprint density at radius 1 is 1.17 bits per heavy atom. The van der Waals surface area contributed by atoms with E-state index in [1.165, 1.54) is 6.07 Å². The first kappa shape index (κ1) is 6.98. The average molecular weight is 159 g/mol. The van der Waals surface area contributed by atoms with E-state index in [1.54, 1.807) is 24.3 Å². The van der Waals surface area contributed by atoms with Crippen molar-refractivity contribution in [2.45, 2.75) is 0 Å². The van der Waals surface area contributed by atoms with Crippen LogP contribution >= 0.6 is 0 Å². The van der Waals surface area contributed by atoms with E-state index in [0.717, 1.165) is 5.39 Å². The Hall–Kier alpha value is -1.70. The molecule has 0 heterocycles. The Bertz CT molecular complexity index is 421. The molecule has 2 rings (SSSR count). The normalized spacial score (nSPS) is 10.3. The number of fused-ring (bicyclic) bond motifs is 1. The first-order valence-electron chi connectivity index (χ1n) is 3.60. The van der Waals surface area contributed by atoms with Gasteiger partial charge in [-0.3, -0.25) is 0 Å². The van der Waals surface area contributed by atoms with Gasteiger partial charge in [0.15, 0.2) is 0 Å². The molecule has 0 unspecified atom stereocenters. The molecule has 0 aliphatic carbocycles. The lowest BCUT2D eigenvalue weighted by molar-refractivity contribution is 0.455. The summed E-state index contributed by atoms with van der Waals surface area (Å²) < 4.78 is 0. The van der Waals surface area contributed by atoms with Crippen LogP contribution in [0.25, 0.3) is 10.8 Å². The predicted octanol–water partition coefficient (Wildman–Crippen LogP) is 2.05. The molecule has 0 aliphatic heterocycles. The molecule has 0 atom stereocenters. The van der Waals surface area contributed by atoms with Crippen molar-refractivity contribution in [2.24, 2.45) is 0 Å². The van der Waals surface area contributed by atoms with Crippen molar-refractivity contribution in [3.8, 4) is 11.5 Å². The lowest BCUT2D eigenvalue weighted by Gasteiger charge is -2.00. The maximum absolute atomic E-state index is 9.37. The van der Waals surface area contributed by atoms with E-state index in [1.807, 2.05) is 0 Å². The van der Waals surface area contributed by atoms with Gasteiger partial charge in [-0.1, -0.05) is 18.2 Å². The van der Waals surface area contributed by atoms with Gasteiger partial charge in [0, 0.05) is 11.5 Å². The molecule has 0 bridgehead atoms. The topological polar surface area (TPSA) is 40.5 Å². The zero-order chi connectivity index (χ0) is 8.55. The van der Waals surface area contributed by atoms with Crippen LogP contribution in [-0.4, -0.2) is 10.2 Å². The highest BCUT2D eigenvalue weighted by Gasteiger charge is 2.00. The van der Waals surface area contributed by atoms with Crippen molar-refractivity contribution < 1.29 is 10.2 Å². The first-order chi connectivity index (χ1) is 5.77. The van der Waals surface area contributed by atoms with E-state index < -0.39 is 0 Å². The Labute approximate surface area is 69.7 Å². The maximum Gasteiger partial charge on any atom is 0.127 e. The number of aromatic hydroxyl groups is 2. The molecular weight excluding hydrogens is 152 g/mol. The molecule has 0 saturated carbocycles. The highest BCUT2D eigenvalue weighted by atomic mass is 16.3. The van der Waals surface area contributed by atoms with Gasteiger partial charge in [-0.2, -0.15) is 0 Å². The summed E-state index contributed by atoms with van der Waals surface area (Å²) in [5, 5.41) is 19.9. The maximum atomic E-state index is 9.37. The van der Waals surface area contributed by atoms with Crippen molar-refractivity contribution in [3.05, 3.63) is 36.4 Å². The molecule has 1 radical (unpaired) electrons. The Kier molecular flexibility index (Phi) is 1.40. The van der Waals surface area contributed by atoms with Crippen LogP contribution in [0.3, 0.4) is 0 Å². The molecule has 0 fully saturated rings. The quantitative estimate of drug-likeness (QED) is 0.617. The number of rotatable bonds is 0. The molecule has 0 aliphatic rings. The van der Waals surface area contributed by atoms with Gasteiger partial charge in [-0.05, 0) is 17.5 Å². The summed E-state index contributed by atoms with van der Waals surface area (Å²) in [5.41, 5.74) is 0. The summed E-state index contributed by atoms with van der Waals surface area (Å²) >= 11 is 0. The van der Waals surface area contributed by atoms with Crippen molar-refractivity contribution in [1.82, 2.24) is 0 Å². The fourth-order valence-electron chi connectivity index (χ4n) is 1.20. The Morgan fingerprint density at radius 2 is 2.00 bits per heavy atom. The molecule has 2 heteroatoms. The molecule has 12 heavy (non-hydrogen) atoms. The van der Waals surface area contributed by atoms with E-state index in [9.17, 15) is 5.11 Å². The van der Waals surface area contributed by atoms with E-state index in [0.29, 0.717) is 5.39 Å². The van der Waals surface area contributed by atoms with Crippen molar-refractivity contribution in [2.75, 3.05) is 0 Å². The fourth-order valence-corrected chi connectivity index (χ4v) is 1.20. The van der Waals surface area contributed by atoms with Crippen LogP contribution in [0, 0.1) is 6.07 Å². The molecule has 0 saturated heterocycles. The van der Waals surface area contributed by atoms with Gasteiger partial charge in [0.25, 0.3) is 0 Å². The summed E-state index contributed by atoms with van der Waals surface area (Å²) in [6.45, 7) is 0. The molecule has 0 spiro atoms. The molecular formula is C10H7O2. The SMILES string of the molecule is Oc1cc(O)c2ccc[c]c2c1. The number of phenols is 2. The molecule has 2 aromatic rings. The smallest absolute Gasteiger partial charge is 0.127 e. The lowest BCUT2D eigenvalue weighted by Crippen LogP contribution is -1.73. The van der Waals surface area contributed by atoms with Crippen LogP contribution in [0.1, 0.15) is 0 Å². The van der Waals surface area contributed by atoms with E-state index in [-0.39, 0.29) is 11.5 Å². The van der Waals surface area contributed by atoms with Gasteiger partial charge in [-0.25, -0.2) is 0 Å². The van der Waals surface area contributed by atoms with Crippen LogP contribution in [0.4, 0.5) is 0 Å². The number of hydrogen-bond donors (Lipinski definition) is 2. The standard InChI is InChI=1S/C10H7O2/c11-8-5-7-3-1-2-4-9(7)10(12)6-8/h1-2,4-6,11-12H. The zero-order valence-corrected chi connectivity index (χ0v) is 6.28. The van der Waals surface area contributed by atoms with E-state index >= 15 is 0 Å². The van der Waals surface area contributed by atoms with Gasteiger partial charge in [0.05, 0.1) is 0 Å². The molecule has 0 aromatic heterocycles. The highest BCUT2D eigenvalue weighted by molar-refractivity contribution is 5.88. The summed E-state index contributed by atoms with van der Waals surface area (Å²) in [6, 6.07) is 11.1. The zero-order valence-electron chi connectivity index (χ0n) is 6.28. The summed E-state index contributed by atoms with van der Waals surface area (Å²) in [6.07, 6.45) is 0. The van der Waals surface area contributed by atoms with Crippen molar-refractivity contribution >= 4 is 10.8 Å². The van der Waals surface area contributed by atoms with E-state index in [2.05, 4.69) is 6.07 Å². The third kappa shape index (κ3) is 0.975. The molecule has 59 valence electrons. The van der Waals surface area contributed by atoms with Crippen molar-refractivity contribution in [1.29, 1.82) is 0 Å². The second-order valence-electron chi connectivity index (χ2n) is 2.60. The summed E-state index contributed by atoms with van der Waals surface area (Å²) in [5.74, 6) is 0.143. The number of hydrogen-bond acceptors (Lipinski definition) is 2. The number of phenolic OH excluding ortho intramolecular Hbond substituents is 2. The minimum absolute atomic E-state index is 0.0578. The predicted molar refractivity (Wildman–Crippen MR) is 46.1 cm³/mol. The van der Waals surface area contributed by atoms with Gasteiger partial charge in [0.1, 0.15) is 11.5 Å². The van der Waals surface area contributed by atoms with Gasteiger partial charge in [0.2, 0.25) is 0 Å². The third-order valence-electron chi connectivity index (χ3n) is 1.74. The molecule has 2 nitrogen and oxygen atoms in total. The minimum atomic E-state index is 0.0578. The molecule has 0 amide bonds. The molecule has 2 N–H and O–H groups in total. The van der Waals surface area contributed by atoms with E-state index in [4.69, 9.17) is 5.11 Å². The monoisotopic (exact) mass is 159 g/mol. The molecule has 2 aromatic carbocycles. The Morgan fingerprint density at radius 3 is 2.83 bits per heavy atom. The van der Waals surface area contributed by atoms with Gasteiger partial charge < -0.3 is 10.2 Å². The van der Waals surface area contributed by atoms with Gasteiger partial charge >= 0.3 is 0 Å². The van der Waals surface area contributed by atoms with Crippen LogP contribution in [0.5, 0.6) is 11.5 Å². The number of benzene rings is 2. The largest absolute Gasteiger partial charge is 0.508 e. The highest BCUT2D eigenvalue weighted by Crippen LogP contribution is 2.28. The lowest BCUT2D eigenvalue weighted by atomic mass is 10.1. The van der Waals surface area contributed by atoms with Crippen LogP contribution < -0.4 is 0 Å². The fraction of sp³-hybridized carbons (Fsp3) is 0. The second kappa shape index (κ2) is 2.41. The van der Waals surface area contributed by atoms with Gasteiger partial charge in [-0.15, -0.1) is 0 Å². The first-order valence-corrected chi connectivity index (χ1v) is 3.60. The van der Waals surface area contributed by atoms with Crippen LogP contribution in [0.2, 0.25) is 0 Å². The minimum Gasteiger partial charge on any atom is -0.508 e. The summed E-state index contributed by atoms with van der Waals surface area (Å²) in [4.78, 5) is 0. The van der Waals surface area contributed by atoms with Crippen molar-refractivity contribution in [3.63, 3.8) is 0 Å². The average Bonchev–Trinajstić information content (AvgIpc) is 2.04.